The SMILES string of the molecule is CNC(c1ccccc1C)c1cccc2nccnc12. The standard InChI is InChI=1S/C17H17N3/c1-12-6-3-4-7-13(12)16(18-2)14-8-5-9-15-17(14)20-11-10-19-15/h3-11,16,18H,1-2H3. The van der Waals surface area contributed by atoms with E-state index in [4.69, 9.17) is 0 Å². The molecule has 0 radical (unpaired) electrons. The van der Waals surface area contributed by atoms with Crippen LogP contribution in [0.3, 0.4) is 0 Å². The summed E-state index contributed by atoms with van der Waals surface area (Å²) in [6, 6.07) is 14.7. The molecule has 1 heterocycles. The zero-order valence-electron chi connectivity index (χ0n) is 11.7. The van der Waals surface area contributed by atoms with E-state index in [-0.39, 0.29) is 6.04 Å². The third kappa shape index (κ3) is 2.17. The smallest absolute Gasteiger partial charge is 0.0937 e. The third-order valence-electron chi connectivity index (χ3n) is 3.63. The fourth-order valence-corrected chi connectivity index (χ4v) is 2.64. The van der Waals surface area contributed by atoms with Crippen LogP contribution < -0.4 is 5.32 Å². The van der Waals surface area contributed by atoms with E-state index < -0.39 is 0 Å². The Kier molecular flexibility index (Phi) is 3.44. The molecule has 0 saturated carbocycles. The number of fused-ring (bicyclic) bond motifs is 1. The molecule has 1 atom stereocenters. The molecule has 3 rings (SSSR count). The maximum absolute atomic E-state index is 4.50. The number of hydrogen-bond acceptors (Lipinski definition) is 3. The van der Waals surface area contributed by atoms with E-state index in [1.165, 1.54) is 11.1 Å². The van der Waals surface area contributed by atoms with Crippen LogP contribution in [-0.2, 0) is 0 Å². The molecule has 0 amide bonds. The summed E-state index contributed by atoms with van der Waals surface area (Å²) in [6.45, 7) is 2.14. The fourth-order valence-electron chi connectivity index (χ4n) is 2.64. The van der Waals surface area contributed by atoms with Gasteiger partial charge in [0.1, 0.15) is 0 Å². The second-order valence-corrected chi connectivity index (χ2v) is 4.85. The van der Waals surface area contributed by atoms with Gasteiger partial charge in [-0.2, -0.15) is 0 Å². The van der Waals surface area contributed by atoms with E-state index in [0.717, 1.165) is 16.6 Å². The number of hydrogen-bond donors (Lipinski definition) is 1. The first kappa shape index (κ1) is 12.8. The quantitative estimate of drug-likeness (QED) is 0.788. The Morgan fingerprint density at radius 3 is 2.45 bits per heavy atom. The second-order valence-electron chi connectivity index (χ2n) is 4.85. The topological polar surface area (TPSA) is 37.8 Å². The van der Waals surface area contributed by atoms with Gasteiger partial charge in [0.25, 0.3) is 0 Å². The molecule has 100 valence electrons. The maximum atomic E-state index is 4.50. The van der Waals surface area contributed by atoms with Crippen LogP contribution in [0.25, 0.3) is 11.0 Å². The monoisotopic (exact) mass is 263 g/mol. The summed E-state index contributed by atoms with van der Waals surface area (Å²) in [7, 11) is 1.98. The normalized spacial score (nSPS) is 12.5. The number of para-hydroxylation sites is 1. The molecule has 3 aromatic rings. The Bertz CT molecular complexity index is 732. The highest BCUT2D eigenvalue weighted by Crippen LogP contribution is 2.28. The average molecular weight is 263 g/mol. The predicted molar refractivity (Wildman–Crippen MR) is 81.6 cm³/mol. The Morgan fingerprint density at radius 1 is 0.900 bits per heavy atom. The van der Waals surface area contributed by atoms with Gasteiger partial charge in [-0.05, 0) is 31.2 Å². The summed E-state index contributed by atoms with van der Waals surface area (Å²) in [5, 5.41) is 3.40. The molecule has 2 aromatic carbocycles. The second kappa shape index (κ2) is 5.39. The van der Waals surface area contributed by atoms with Crippen LogP contribution >= 0.6 is 0 Å². The van der Waals surface area contributed by atoms with Crippen LogP contribution in [0.15, 0.2) is 54.9 Å². The number of aryl methyl sites for hydroxylation is 1. The predicted octanol–water partition coefficient (Wildman–Crippen LogP) is 3.25. The molecule has 3 heteroatoms. The zero-order chi connectivity index (χ0) is 13.9. The molecule has 0 aliphatic rings. The summed E-state index contributed by atoms with van der Waals surface area (Å²) in [6.07, 6.45) is 3.48. The Balaban J connectivity index is 2.20. The first-order valence-electron chi connectivity index (χ1n) is 6.73. The lowest BCUT2D eigenvalue weighted by molar-refractivity contribution is 0.691. The molecular weight excluding hydrogens is 246 g/mol. The molecule has 1 N–H and O–H groups in total. The lowest BCUT2D eigenvalue weighted by Crippen LogP contribution is -2.19. The van der Waals surface area contributed by atoms with Gasteiger partial charge in [-0.3, -0.25) is 9.97 Å². The van der Waals surface area contributed by atoms with Crippen molar-refractivity contribution in [2.75, 3.05) is 7.05 Å². The molecule has 3 nitrogen and oxygen atoms in total. The van der Waals surface area contributed by atoms with Gasteiger partial charge in [0.2, 0.25) is 0 Å². The highest BCUT2D eigenvalue weighted by molar-refractivity contribution is 5.78. The van der Waals surface area contributed by atoms with Crippen molar-refractivity contribution in [1.82, 2.24) is 15.3 Å². The van der Waals surface area contributed by atoms with Gasteiger partial charge in [-0.25, -0.2) is 0 Å². The fraction of sp³-hybridized carbons (Fsp3) is 0.176. The van der Waals surface area contributed by atoms with E-state index in [0.29, 0.717) is 0 Å². The lowest BCUT2D eigenvalue weighted by atomic mass is 9.94. The van der Waals surface area contributed by atoms with Gasteiger partial charge in [-0.15, -0.1) is 0 Å². The van der Waals surface area contributed by atoms with E-state index in [1.54, 1.807) is 12.4 Å². The van der Waals surface area contributed by atoms with Gasteiger partial charge < -0.3 is 5.32 Å². The van der Waals surface area contributed by atoms with Crippen molar-refractivity contribution in [1.29, 1.82) is 0 Å². The molecule has 0 aliphatic heterocycles. The number of nitrogens with one attached hydrogen (secondary N) is 1. The van der Waals surface area contributed by atoms with E-state index in [9.17, 15) is 0 Å². The summed E-state index contributed by atoms with van der Waals surface area (Å²) in [5.41, 5.74) is 5.59. The van der Waals surface area contributed by atoms with Crippen molar-refractivity contribution in [2.24, 2.45) is 0 Å². The van der Waals surface area contributed by atoms with Crippen molar-refractivity contribution < 1.29 is 0 Å². The van der Waals surface area contributed by atoms with Crippen molar-refractivity contribution in [3.05, 3.63) is 71.5 Å². The number of rotatable bonds is 3. The largest absolute Gasteiger partial charge is 0.309 e. The third-order valence-corrected chi connectivity index (χ3v) is 3.63. The Hall–Kier alpha value is -2.26. The van der Waals surface area contributed by atoms with E-state index in [2.05, 4.69) is 52.5 Å². The van der Waals surface area contributed by atoms with Crippen LogP contribution in [0.1, 0.15) is 22.7 Å². The van der Waals surface area contributed by atoms with E-state index in [1.807, 2.05) is 19.2 Å². The van der Waals surface area contributed by atoms with Crippen molar-refractivity contribution in [3.8, 4) is 0 Å². The van der Waals surface area contributed by atoms with Crippen LogP contribution in [0.2, 0.25) is 0 Å². The Labute approximate surface area is 118 Å². The van der Waals surface area contributed by atoms with Gasteiger partial charge in [-0.1, -0.05) is 36.4 Å². The molecule has 0 bridgehead atoms. The van der Waals surface area contributed by atoms with Crippen LogP contribution in [-0.4, -0.2) is 17.0 Å². The van der Waals surface area contributed by atoms with Crippen molar-refractivity contribution >= 4 is 11.0 Å². The molecule has 0 spiro atoms. The zero-order valence-corrected chi connectivity index (χ0v) is 11.7. The number of benzene rings is 2. The molecule has 20 heavy (non-hydrogen) atoms. The molecule has 1 unspecified atom stereocenters. The van der Waals surface area contributed by atoms with Crippen molar-refractivity contribution in [3.63, 3.8) is 0 Å². The first-order valence-corrected chi connectivity index (χ1v) is 6.73. The average Bonchev–Trinajstić information content (AvgIpc) is 2.50. The van der Waals surface area contributed by atoms with Crippen LogP contribution in [0.4, 0.5) is 0 Å². The maximum Gasteiger partial charge on any atom is 0.0937 e. The minimum absolute atomic E-state index is 0.122. The minimum atomic E-state index is 0.122. The lowest BCUT2D eigenvalue weighted by Gasteiger charge is -2.20. The van der Waals surface area contributed by atoms with Crippen molar-refractivity contribution in [2.45, 2.75) is 13.0 Å². The van der Waals surface area contributed by atoms with Gasteiger partial charge >= 0.3 is 0 Å². The molecule has 0 saturated heterocycles. The highest BCUT2D eigenvalue weighted by atomic mass is 14.9. The molecule has 1 aromatic heterocycles. The number of aromatic nitrogens is 2. The van der Waals surface area contributed by atoms with E-state index >= 15 is 0 Å². The summed E-state index contributed by atoms with van der Waals surface area (Å²) in [5.74, 6) is 0. The summed E-state index contributed by atoms with van der Waals surface area (Å²) >= 11 is 0. The van der Waals surface area contributed by atoms with Gasteiger partial charge in [0.15, 0.2) is 0 Å². The van der Waals surface area contributed by atoms with Crippen LogP contribution in [0.5, 0.6) is 0 Å². The summed E-state index contributed by atoms with van der Waals surface area (Å²) in [4.78, 5) is 8.89. The van der Waals surface area contributed by atoms with Crippen LogP contribution in [0, 0.1) is 6.92 Å². The molecule has 0 fully saturated rings. The molecular formula is C17H17N3. The Morgan fingerprint density at radius 2 is 1.65 bits per heavy atom. The van der Waals surface area contributed by atoms with Gasteiger partial charge in [0, 0.05) is 18.0 Å². The first-order chi connectivity index (χ1) is 9.81. The minimum Gasteiger partial charge on any atom is -0.309 e. The summed E-state index contributed by atoms with van der Waals surface area (Å²) < 4.78 is 0. The number of nitrogens with zero attached hydrogens (tertiary/aromatic N) is 2. The molecule has 0 aliphatic carbocycles. The highest BCUT2D eigenvalue weighted by Gasteiger charge is 2.17. The van der Waals surface area contributed by atoms with Gasteiger partial charge in [0.05, 0.1) is 17.1 Å².